The first kappa shape index (κ1) is 132. The second-order valence-corrected chi connectivity index (χ2v) is 33.4. The minimum Gasteiger partial charge on any atom is -0.744 e. The molecule has 3 unspecified atom stereocenters. The molecule has 0 fully saturated rings. The molecule has 0 spiro atoms. The van der Waals surface area contributed by atoms with Crippen LogP contribution in [-0.4, -0.2) is 385 Å². The molecule has 3 aromatic rings. The molecule has 54 nitrogen and oxygen atoms in total. The molecule has 3 radical (unpaired) electrons. The second-order valence-electron chi connectivity index (χ2n) is 29.2. The average molecular weight is 2420 g/mol. The van der Waals surface area contributed by atoms with Crippen molar-refractivity contribution < 1.29 is 336 Å². The molecule has 763 valence electrons. The van der Waals surface area contributed by atoms with Gasteiger partial charge in [0.1, 0.15) is 66.9 Å². The molecular formula is C76H94Gd3N9O45S3-8. The molecule has 3 rings (SSSR count). The molecule has 0 amide bonds. The number of carboxylic acid groups (broad SMARTS) is 16. The van der Waals surface area contributed by atoms with Crippen LogP contribution in [-0.2, 0) is 102 Å². The van der Waals surface area contributed by atoms with E-state index >= 15 is 0 Å². The summed E-state index contributed by atoms with van der Waals surface area (Å²) in [6.07, 6.45) is 6.85. The van der Waals surface area contributed by atoms with Crippen molar-refractivity contribution >= 4 is 126 Å². The van der Waals surface area contributed by atoms with E-state index in [4.69, 9.17) is 18.9 Å². The molecule has 60 heteroatoms. The number of hydrogen-bond donors (Lipinski definition) is 2. The molecule has 0 aliphatic carbocycles. The first-order chi connectivity index (χ1) is 61.8. The van der Waals surface area contributed by atoms with E-state index in [2.05, 4.69) is 6.92 Å². The minimum atomic E-state index is -5.66. The molecule has 0 aromatic heterocycles. The Bertz CT molecular complexity index is 4740. The number of carbonyl (C=O) groups is 16. The Morgan fingerprint density at radius 3 is 0.882 bits per heavy atom. The number of ether oxygens (including phenoxy) is 4. The minimum absolute atomic E-state index is 0. The fourth-order valence-corrected chi connectivity index (χ4v) is 14.4. The third-order valence-electron chi connectivity index (χ3n) is 18.2. The summed E-state index contributed by atoms with van der Waals surface area (Å²) in [6, 6.07) is 4.50. The molecule has 3 atom stereocenters. The number of unbranched alkanes of at least 4 members (excludes halogenated alkanes) is 7. The molecule has 3 aromatic carbocycles. The van der Waals surface area contributed by atoms with E-state index < -0.39 is 321 Å². The number of rotatable bonds is 71. The SMILES string of the molecule is CCCCCCCCCCOc1cc(S(=O)(=O)[O-])cc(S(=O)(=O)[O-])c1OCC(CN(CCN(CC(=O)[O-])CC(=O)[O-])CC(=O)[O-])N(CC(=O)[O-])CC(=O)[O-].Cc1ccc(OCC(CN(CCN(CC(=O)[O-])CC(=O)[O-])CC(=O)[O-])N(CC(=O)[O-])CC(=O)[O-])c(C(=O)O)c1.Cc1ccc(OCC(CN(CCN(CC(=O)[O-])CC(=O)[O-])CC(=O)[O-])N(CC(=O)[O-])CC(=O)[O-])c(S(=O)(=O)O)c1.[Gd+3].[Gd+3].[Gd+3]. The molecule has 0 aliphatic rings. The van der Waals surface area contributed by atoms with Crippen molar-refractivity contribution in [1.29, 1.82) is 0 Å². The van der Waals surface area contributed by atoms with Crippen molar-refractivity contribution in [3.8, 4) is 23.0 Å². The number of aliphatic carboxylic acids is 15. The van der Waals surface area contributed by atoms with Crippen molar-refractivity contribution in [2.75, 3.05) is 184 Å². The van der Waals surface area contributed by atoms with Gasteiger partial charge in [0, 0.05) is 163 Å². The van der Waals surface area contributed by atoms with Gasteiger partial charge in [-0.25, -0.2) is 21.6 Å². The third-order valence-corrected chi connectivity index (χ3v) is 20.7. The average Bonchev–Trinajstić information content (AvgIpc) is 0.774. The molecule has 0 aliphatic heterocycles. The fraction of sp³-hybridized carbons (Fsp3) is 0.553. The summed E-state index contributed by atoms with van der Waals surface area (Å²) >= 11 is 0. The summed E-state index contributed by atoms with van der Waals surface area (Å²) in [6.45, 7) is -15.3. The monoisotopic (exact) mass is 2420 g/mol. The van der Waals surface area contributed by atoms with Crippen LogP contribution in [0.5, 0.6) is 23.0 Å². The fourth-order valence-electron chi connectivity index (χ4n) is 12.5. The molecule has 136 heavy (non-hydrogen) atoms. The number of benzene rings is 3. The zero-order valence-corrected chi connectivity index (χ0v) is 81.8. The quantitative estimate of drug-likeness (QED) is 0.0391. The van der Waals surface area contributed by atoms with E-state index in [1.165, 1.54) is 37.3 Å². The van der Waals surface area contributed by atoms with Crippen molar-refractivity contribution in [1.82, 2.24) is 44.1 Å². The maximum absolute atomic E-state index is 12.3. The van der Waals surface area contributed by atoms with Crippen LogP contribution in [0.3, 0.4) is 0 Å². The smallest absolute Gasteiger partial charge is 0.744 e. The van der Waals surface area contributed by atoms with Crippen LogP contribution in [0, 0.1) is 134 Å². The largest absolute Gasteiger partial charge is 3.00 e. The van der Waals surface area contributed by atoms with E-state index in [1.807, 2.05) is 0 Å². The standard InChI is InChI=1S/C31H49N3O18S2.C23H31N3O13.C22H31N3O14S.3Gd/c1-2-3-4-5-6-7-8-9-12-51-24-13-23(53(45,46)47)14-25(54(48,49)50)31(24)52-21-22(34(19-29(41)42)20-30(43)44)15-32(16-26(35)36)10-11-33(17-27(37)38)18-28(39)40;1-14-2-3-17(16(6-14)23(37)38)39-13-15(26(11-21(33)34)12-22(35)36)7-24(8-18(27)28)4-5-25(9-19(29)30)10-20(31)32;1-14-2-3-16(17(6-14)40(36,37)38)39-13-15(25(11-21(32)33)12-22(34)35)7-23(8-18(26)27)4-5-24(9-19(28)29)10-20(30)31;;;/h13-14,22H,2-12,15-21H2,1H3,(H,35,36)(H,37,38)(H,39,40)(H,41,42)(H,43,44)(H,45,46,47)(H,48,49,50);2-3,6,15H,4-5,7-13H2,1H3,(H,27,28)(H,29,30)(H,31,32)(H,33,34)(H,35,36)(H,37,38);2-3,6,15H,4-5,7-13H2,1H3,(H,26,27)(H,28,29)(H,30,31)(H,32,33)(H,34,35)(H,36,37,38);;;/q;;;3*+3/p-17. The maximum Gasteiger partial charge on any atom is 3.00 e. The van der Waals surface area contributed by atoms with Crippen LogP contribution < -0.4 is 95.5 Å². The van der Waals surface area contributed by atoms with Gasteiger partial charge < -0.3 is 182 Å². The summed E-state index contributed by atoms with van der Waals surface area (Å²) in [5, 5.41) is 178. The zero-order chi connectivity index (χ0) is 101. The Morgan fingerprint density at radius 1 is 0.324 bits per heavy atom. The van der Waals surface area contributed by atoms with E-state index in [0.29, 0.717) is 34.9 Å². The predicted octanol–water partition coefficient (Wildman–Crippen LogP) is -22.8. The normalized spacial score (nSPS) is 12.1. The van der Waals surface area contributed by atoms with Crippen LogP contribution >= 0.6 is 0 Å². The number of carboxylic acids is 16. The number of nitrogens with zero attached hydrogens (tertiary/aromatic N) is 9. The van der Waals surface area contributed by atoms with Gasteiger partial charge in [-0.15, -0.1) is 0 Å². The van der Waals surface area contributed by atoms with Gasteiger partial charge in [0.25, 0.3) is 10.1 Å². The van der Waals surface area contributed by atoms with Gasteiger partial charge in [0.15, 0.2) is 11.5 Å². The van der Waals surface area contributed by atoms with E-state index in [-0.39, 0.29) is 176 Å². The summed E-state index contributed by atoms with van der Waals surface area (Å²) in [4.78, 5) is 185. The maximum atomic E-state index is 12.3. The number of aromatic carboxylic acids is 1. The van der Waals surface area contributed by atoms with E-state index in [9.17, 15) is 197 Å². The first-order valence-corrected chi connectivity index (χ1v) is 43.6. The summed E-state index contributed by atoms with van der Waals surface area (Å²) in [7, 11) is -15.9. The van der Waals surface area contributed by atoms with Crippen molar-refractivity contribution in [3.63, 3.8) is 0 Å². The molecule has 0 saturated carbocycles. The third kappa shape index (κ3) is 59.9. The molecule has 2 N–H and O–H groups in total. The topological polar surface area (TPSA) is 874 Å². The Hall–Kier alpha value is -8.28. The van der Waals surface area contributed by atoms with Crippen LogP contribution in [0.4, 0.5) is 0 Å². The Labute approximate surface area is 874 Å². The van der Waals surface area contributed by atoms with E-state index in [1.54, 1.807) is 6.92 Å². The Kier molecular flexibility index (Phi) is 65.9. The predicted molar refractivity (Wildman–Crippen MR) is 406 cm³/mol. The summed E-state index contributed by atoms with van der Waals surface area (Å²) in [5.74, 6) is -29.0. The van der Waals surface area contributed by atoms with Gasteiger partial charge in [0.05, 0.1) is 119 Å². The van der Waals surface area contributed by atoms with Crippen molar-refractivity contribution in [2.45, 2.75) is 105 Å². The van der Waals surface area contributed by atoms with Gasteiger partial charge in [-0.3, -0.25) is 48.7 Å². The Morgan fingerprint density at radius 2 is 0.596 bits per heavy atom. The van der Waals surface area contributed by atoms with Gasteiger partial charge in [-0.1, -0.05) is 69.6 Å². The molecule has 0 saturated heterocycles. The molecule has 0 bridgehead atoms. The van der Waals surface area contributed by atoms with Crippen molar-refractivity contribution in [3.05, 3.63) is 65.2 Å². The molecule has 0 heterocycles. The molecular weight excluding hydrogens is 2330 g/mol. The first-order valence-electron chi connectivity index (χ1n) is 39.4. The van der Waals surface area contributed by atoms with Crippen LogP contribution in [0.25, 0.3) is 0 Å². The van der Waals surface area contributed by atoms with Crippen LogP contribution in [0.1, 0.15) is 79.8 Å². The van der Waals surface area contributed by atoms with E-state index in [0.717, 1.165) is 83.8 Å². The van der Waals surface area contributed by atoms with Crippen LogP contribution in [0.15, 0.2) is 63.2 Å². The number of hydrogen-bond acceptors (Lipinski definition) is 52. The van der Waals surface area contributed by atoms with Gasteiger partial charge >= 0.3 is 126 Å². The summed E-state index contributed by atoms with van der Waals surface area (Å²) < 4.78 is 128. The van der Waals surface area contributed by atoms with Gasteiger partial charge in [0.2, 0.25) is 0 Å². The van der Waals surface area contributed by atoms with Gasteiger partial charge in [-0.2, -0.15) is 8.42 Å². The van der Waals surface area contributed by atoms with Crippen molar-refractivity contribution in [2.24, 2.45) is 0 Å². The number of aryl methyl sites for hydroxylation is 2. The summed E-state index contributed by atoms with van der Waals surface area (Å²) in [5.41, 5.74) is 0.765. The second kappa shape index (κ2) is 67.9. The van der Waals surface area contributed by atoms with Crippen LogP contribution in [0.2, 0.25) is 0 Å². The Balaban J connectivity index is -0.00000196. The van der Waals surface area contributed by atoms with Gasteiger partial charge in [-0.05, 0) is 56.2 Å². The number of carbonyl (C=O) groups excluding carboxylic acids is 15. The zero-order valence-electron chi connectivity index (χ0n) is 72.6.